The molecule has 3 unspecified atom stereocenters. The lowest BCUT2D eigenvalue weighted by molar-refractivity contribution is -0.148. The van der Waals surface area contributed by atoms with E-state index in [1.165, 1.54) is 40.6 Å². The molecular formula is C43H49ClN5O8PS2. The molecule has 6 atom stereocenters. The first-order valence-electron chi connectivity index (χ1n) is 20.1. The molecule has 0 radical (unpaired) electrons. The molecule has 13 nitrogen and oxygen atoms in total. The average molecular weight is 894 g/mol. The van der Waals surface area contributed by atoms with Crippen molar-refractivity contribution < 1.29 is 37.4 Å². The molecule has 1 saturated carbocycles. The first-order chi connectivity index (χ1) is 28.7. The number of aryl methyl sites for hydroxylation is 1. The van der Waals surface area contributed by atoms with Gasteiger partial charge in [-0.15, -0.1) is 0 Å². The molecule has 0 spiro atoms. The van der Waals surface area contributed by atoms with Gasteiger partial charge in [-0.25, -0.2) is 22.7 Å². The lowest BCUT2D eigenvalue weighted by Crippen LogP contribution is -2.47. The van der Waals surface area contributed by atoms with Crippen molar-refractivity contribution in [1.29, 1.82) is 0 Å². The largest absolute Gasteiger partial charge is 0.480 e. The van der Waals surface area contributed by atoms with E-state index >= 15 is 0 Å². The van der Waals surface area contributed by atoms with E-state index in [1.54, 1.807) is 18.2 Å². The van der Waals surface area contributed by atoms with E-state index in [0.717, 1.165) is 43.4 Å². The Morgan fingerprint density at radius 2 is 1.62 bits per heavy atom. The standard InChI is InChI=1S/C43H49ClN5O8PS2/c44-34-23-35-38(59-48-40(47-35)20-17-28-9-3-1-4-10-28)24-39(34)60(56,57)45-25-30-15-18-31(19-16-30)42(51)46-33(21-29-11-5-2-6-12-29)26-58(54,55)27-41(50)49-36-14-8-7-13-32(36)22-37(49)43(52)53/h1-6,9-12,15-16,18-19,23-24,32-33,36-37,40,45,47-48H,7-8,13-14,17,20-22,25-27H2,(H,46,51)(H,52,53)(H,54,55)/t32-,33?,36-,37+,40?/m1/s1. The van der Waals surface area contributed by atoms with Crippen LogP contribution in [0.25, 0.3) is 0 Å². The fourth-order valence-corrected chi connectivity index (χ4v) is 12.6. The van der Waals surface area contributed by atoms with Gasteiger partial charge in [0.05, 0.1) is 16.9 Å². The number of aliphatic carboxylic acids is 1. The number of hydrogen-bond donors (Lipinski definition) is 6. The van der Waals surface area contributed by atoms with Crippen molar-refractivity contribution in [1.82, 2.24) is 19.7 Å². The highest BCUT2D eigenvalue weighted by molar-refractivity contribution is 7.97. The number of hydrogen-bond acceptors (Lipinski definition) is 9. The molecule has 0 aromatic heterocycles. The van der Waals surface area contributed by atoms with Crippen LogP contribution in [0.2, 0.25) is 5.02 Å². The zero-order valence-corrected chi connectivity index (χ0v) is 36.1. The molecule has 2 amide bonds. The molecule has 2 aliphatic heterocycles. The summed E-state index contributed by atoms with van der Waals surface area (Å²) in [5, 5.41) is 16.2. The molecule has 1 aliphatic carbocycles. The van der Waals surface area contributed by atoms with Crippen molar-refractivity contribution in [3.63, 3.8) is 0 Å². The first kappa shape index (κ1) is 43.9. The third-order valence-corrected chi connectivity index (χ3v) is 16.0. The SMILES string of the molecule is O=C(NC(Cc1ccccc1)CP(=O)(O)CC(=O)N1[C@@H]2CCCC[C@@H]2C[C@H]1C(=O)O)c1ccc(CNS(=O)(=O)c2cc3c(cc2Cl)NC(CCc2ccccc2)NS3)cc1. The van der Waals surface area contributed by atoms with E-state index in [-0.39, 0.29) is 46.6 Å². The molecule has 0 bridgehead atoms. The van der Waals surface area contributed by atoms with Gasteiger partial charge in [-0.05, 0) is 97.3 Å². The molecule has 318 valence electrons. The van der Waals surface area contributed by atoms with Gasteiger partial charge in [0.2, 0.25) is 23.3 Å². The number of carboxylic acid groups (broad SMARTS) is 1. The first-order valence-corrected chi connectivity index (χ1v) is 24.8. The maximum absolute atomic E-state index is 13.7. The fourth-order valence-electron chi connectivity index (χ4n) is 8.48. The van der Waals surface area contributed by atoms with Crippen molar-refractivity contribution in [2.24, 2.45) is 5.92 Å². The maximum atomic E-state index is 13.7. The molecular weight excluding hydrogens is 845 g/mol. The Kier molecular flexibility index (Phi) is 14.1. The number of carbonyl (C=O) groups is 3. The summed E-state index contributed by atoms with van der Waals surface area (Å²) in [7, 11) is -8.25. The number of fused-ring (bicyclic) bond motifs is 2. The quantitative estimate of drug-likeness (QED) is 0.0521. The average Bonchev–Trinajstić information content (AvgIpc) is 3.63. The van der Waals surface area contributed by atoms with Gasteiger partial charge in [0.15, 0.2) is 0 Å². The Balaban J connectivity index is 0.964. The van der Waals surface area contributed by atoms with Crippen LogP contribution in [0.5, 0.6) is 0 Å². The predicted octanol–water partition coefficient (Wildman–Crippen LogP) is 6.66. The number of nitrogens with zero attached hydrogens (tertiary/aromatic N) is 1. The highest BCUT2D eigenvalue weighted by Gasteiger charge is 2.48. The lowest BCUT2D eigenvalue weighted by atomic mass is 9.85. The molecule has 3 aliphatic rings. The number of amides is 2. The smallest absolute Gasteiger partial charge is 0.326 e. The lowest BCUT2D eigenvalue weighted by Gasteiger charge is -2.33. The Labute approximate surface area is 359 Å². The number of benzene rings is 4. The van der Waals surface area contributed by atoms with Crippen molar-refractivity contribution >= 4 is 64.4 Å². The van der Waals surface area contributed by atoms with E-state index in [1.807, 2.05) is 48.5 Å². The number of rotatable bonds is 16. The number of nitrogens with one attached hydrogen (secondary N) is 4. The van der Waals surface area contributed by atoms with Gasteiger partial charge >= 0.3 is 5.97 Å². The van der Waals surface area contributed by atoms with Gasteiger partial charge in [0.1, 0.15) is 17.1 Å². The predicted molar refractivity (Wildman–Crippen MR) is 233 cm³/mol. The molecule has 2 heterocycles. The fraction of sp³-hybridized carbons (Fsp3) is 0.372. The van der Waals surface area contributed by atoms with Crippen LogP contribution < -0.4 is 20.1 Å². The second kappa shape index (κ2) is 19.2. The normalized spacial score (nSPS) is 21.5. The van der Waals surface area contributed by atoms with Crippen LogP contribution >= 0.6 is 30.9 Å². The number of anilines is 1. The summed E-state index contributed by atoms with van der Waals surface area (Å²) in [5.74, 6) is -2.22. The molecule has 60 heavy (non-hydrogen) atoms. The van der Waals surface area contributed by atoms with Gasteiger partial charge in [0, 0.05) is 35.2 Å². The third-order valence-electron chi connectivity index (χ3n) is 11.4. The molecule has 4 aromatic carbocycles. The van der Waals surface area contributed by atoms with Crippen molar-refractivity contribution in [3.05, 3.63) is 124 Å². The van der Waals surface area contributed by atoms with Crippen LogP contribution in [0.15, 0.2) is 107 Å². The summed E-state index contributed by atoms with van der Waals surface area (Å²) in [4.78, 5) is 52.4. The zero-order valence-electron chi connectivity index (χ0n) is 32.8. The summed E-state index contributed by atoms with van der Waals surface area (Å²) < 4.78 is 46.6. The minimum atomic E-state index is -4.21. The minimum Gasteiger partial charge on any atom is -0.480 e. The van der Waals surface area contributed by atoms with E-state index in [2.05, 4.69) is 32.2 Å². The number of likely N-dealkylation sites (tertiary alicyclic amines) is 1. The minimum absolute atomic E-state index is 0.0364. The number of carboxylic acids is 1. The summed E-state index contributed by atoms with van der Waals surface area (Å²) >= 11 is 7.87. The zero-order chi connectivity index (χ0) is 42.4. The number of carbonyl (C=O) groups excluding carboxylic acids is 2. The maximum Gasteiger partial charge on any atom is 0.326 e. The van der Waals surface area contributed by atoms with Gasteiger partial charge in [-0.3, -0.25) is 14.2 Å². The monoisotopic (exact) mass is 893 g/mol. The van der Waals surface area contributed by atoms with Crippen LogP contribution in [0, 0.1) is 5.92 Å². The summed E-state index contributed by atoms with van der Waals surface area (Å²) in [5.41, 5.74) is 3.58. The molecule has 1 saturated heterocycles. The summed E-state index contributed by atoms with van der Waals surface area (Å²) in [6.07, 6.45) is 4.40. The van der Waals surface area contributed by atoms with Crippen molar-refractivity contribution in [2.75, 3.05) is 17.6 Å². The van der Waals surface area contributed by atoms with Crippen LogP contribution in [-0.4, -0.2) is 77.7 Å². The van der Waals surface area contributed by atoms with E-state index in [4.69, 9.17) is 11.6 Å². The Hall–Kier alpha value is -4.21. The number of sulfonamides is 1. The number of halogens is 1. The topological polar surface area (TPSA) is 194 Å². The van der Waals surface area contributed by atoms with Crippen molar-refractivity contribution in [3.8, 4) is 0 Å². The van der Waals surface area contributed by atoms with Crippen LogP contribution in [0.4, 0.5) is 5.69 Å². The second-order valence-electron chi connectivity index (χ2n) is 15.8. The Bertz CT molecular complexity index is 2340. The van der Waals surface area contributed by atoms with Gasteiger partial charge < -0.3 is 25.5 Å². The third kappa shape index (κ3) is 11.0. The van der Waals surface area contributed by atoms with Crippen molar-refractivity contribution in [2.45, 2.75) is 92.0 Å². The highest BCUT2D eigenvalue weighted by atomic mass is 35.5. The molecule has 6 N–H and O–H groups in total. The van der Waals surface area contributed by atoms with Gasteiger partial charge in [-0.2, -0.15) is 0 Å². The molecule has 4 aromatic rings. The van der Waals surface area contributed by atoms with E-state index in [9.17, 15) is 37.4 Å². The van der Waals surface area contributed by atoms with Crippen LogP contribution in [0.3, 0.4) is 0 Å². The molecule has 7 rings (SSSR count). The molecule has 17 heteroatoms. The van der Waals surface area contributed by atoms with Gasteiger partial charge in [0.25, 0.3) is 5.91 Å². The highest BCUT2D eigenvalue weighted by Crippen LogP contribution is 2.45. The Morgan fingerprint density at radius 3 is 2.32 bits per heavy atom. The van der Waals surface area contributed by atoms with Crippen LogP contribution in [-0.2, 0) is 43.6 Å². The Morgan fingerprint density at radius 1 is 0.933 bits per heavy atom. The van der Waals surface area contributed by atoms with E-state index in [0.29, 0.717) is 23.3 Å². The summed E-state index contributed by atoms with van der Waals surface area (Å²) in [6, 6.07) is 26.6. The van der Waals surface area contributed by atoms with Crippen LogP contribution in [0.1, 0.15) is 65.6 Å². The second-order valence-corrected chi connectivity index (χ2v) is 21.2. The summed E-state index contributed by atoms with van der Waals surface area (Å²) in [6.45, 7) is -0.0808. The molecule has 2 fully saturated rings. The van der Waals surface area contributed by atoms with E-state index < -0.39 is 59.6 Å². The van der Waals surface area contributed by atoms with Gasteiger partial charge in [-0.1, -0.05) is 97.2 Å².